The maximum atomic E-state index is 11.8. The van der Waals surface area contributed by atoms with E-state index >= 15 is 0 Å². The Labute approximate surface area is 110 Å². The van der Waals surface area contributed by atoms with E-state index in [0.29, 0.717) is 11.7 Å². The molecule has 0 aliphatic carbocycles. The largest absolute Gasteiger partial charge is 0.353 e. The van der Waals surface area contributed by atoms with Crippen molar-refractivity contribution in [3.63, 3.8) is 0 Å². The molecule has 6 nitrogen and oxygen atoms in total. The molecule has 1 aromatic heterocycles. The number of carbonyl (C=O) groups is 1. The van der Waals surface area contributed by atoms with Crippen LogP contribution in [0.4, 0.5) is 5.82 Å². The summed E-state index contributed by atoms with van der Waals surface area (Å²) in [6.07, 6.45) is 0. The molecule has 1 atom stereocenters. The van der Waals surface area contributed by atoms with Gasteiger partial charge in [-0.3, -0.25) is 9.69 Å². The van der Waals surface area contributed by atoms with E-state index in [1.165, 1.54) is 0 Å². The van der Waals surface area contributed by atoms with Crippen LogP contribution in [0.15, 0.2) is 12.1 Å². The summed E-state index contributed by atoms with van der Waals surface area (Å²) in [6, 6.07) is 3.48. The molecule has 0 bridgehead atoms. The lowest BCUT2D eigenvalue weighted by Crippen LogP contribution is -2.64. The van der Waals surface area contributed by atoms with Crippen molar-refractivity contribution < 1.29 is 4.79 Å². The highest BCUT2D eigenvalue weighted by Crippen LogP contribution is 2.18. The normalized spacial score (nSPS) is 24.6. The number of hydrogen-bond donors (Lipinski definition) is 1. The van der Waals surface area contributed by atoms with E-state index in [1.54, 1.807) is 6.07 Å². The van der Waals surface area contributed by atoms with Gasteiger partial charge in [-0.25, -0.2) is 0 Å². The van der Waals surface area contributed by atoms with Crippen LogP contribution in [0.2, 0.25) is 5.15 Å². The molecule has 7 heteroatoms. The Kier molecular flexibility index (Phi) is 3.05. The Morgan fingerprint density at radius 1 is 1.28 bits per heavy atom. The summed E-state index contributed by atoms with van der Waals surface area (Å²) < 4.78 is 0. The fourth-order valence-corrected chi connectivity index (χ4v) is 2.56. The van der Waals surface area contributed by atoms with Gasteiger partial charge in [0.05, 0.1) is 0 Å². The average molecular weight is 268 g/mol. The van der Waals surface area contributed by atoms with Crippen LogP contribution in [0.25, 0.3) is 0 Å². The van der Waals surface area contributed by atoms with Gasteiger partial charge < -0.3 is 10.2 Å². The van der Waals surface area contributed by atoms with Gasteiger partial charge in [-0.1, -0.05) is 11.6 Å². The zero-order chi connectivity index (χ0) is 12.5. The molecule has 1 aromatic rings. The van der Waals surface area contributed by atoms with E-state index in [2.05, 4.69) is 25.3 Å². The van der Waals surface area contributed by atoms with Crippen LogP contribution < -0.4 is 10.2 Å². The molecular weight excluding hydrogens is 254 g/mol. The van der Waals surface area contributed by atoms with Crippen molar-refractivity contribution in [2.75, 3.05) is 37.6 Å². The van der Waals surface area contributed by atoms with Gasteiger partial charge in [-0.2, -0.15) is 0 Å². The first kappa shape index (κ1) is 11.7. The van der Waals surface area contributed by atoms with Crippen LogP contribution in [-0.4, -0.2) is 59.8 Å². The predicted molar refractivity (Wildman–Crippen MR) is 67.6 cm³/mol. The van der Waals surface area contributed by atoms with Gasteiger partial charge in [0.2, 0.25) is 5.91 Å². The van der Waals surface area contributed by atoms with Crippen molar-refractivity contribution >= 4 is 23.3 Å². The van der Waals surface area contributed by atoms with Gasteiger partial charge in [0.1, 0.15) is 6.04 Å². The number of nitrogens with zero attached hydrogens (tertiary/aromatic N) is 4. The second-order valence-electron chi connectivity index (χ2n) is 4.50. The SMILES string of the molecule is O=C1NCCN2CCN(c3ccc(Cl)nn3)CC12. The van der Waals surface area contributed by atoms with Gasteiger partial charge in [0.25, 0.3) is 0 Å². The van der Waals surface area contributed by atoms with Crippen LogP contribution in [-0.2, 0) is 4.79 Å². The molecule has 2 aliphatic heterocycles. The van der Waals surface area contributed by atoms with Crippen LogP contribution in [0, 0.1) is 0 Å². The van der Waals surface area contributed by atoms with E-state index in [4.69, 9.17) is 11.6 Å². The topological polar surface area (TPSA) is 61.4 Å². The van der Waals surface area contributed by atoms with Crippen LogP contribution in [0.5, 0.6) is 0 Å². The first-order chi connectivity index (χ1) is 8.74. The fourth-order valence-electron chi connectivity index (χ4n) is 2.46. The lowest BCUT2D eigenvalue weighted by atomic mass is 10.1. The molecule has 0 spiro atoms. The number of piperazine rings is 2. The van der Waals surface area contributed by atoms with Crippen LogP contribution >= 0.6 is 11.6 Å². The second kappa shape index (κ2) is 4.70. The lowest BCUT2D eigenvalue weighted by Gasteiger charge is -2.43. The molecule has 96 valence electrons. The lowest BCUT2D eigenvalue weighted by molar-refractivity contribution is -0.129. The number of rotatable bonds is 1. The maximum absolute atomic E-state index is 11.8. The predicted octanol–water partition coefficient (Wildman–Crippen LogP) is -0.250. The molecule has 0 saturated carbocycles. The van der Waals surface area contributed by atoms with Crippen molar-refractivity contribution in [3.8, 4) is 0 Å². The standard InChI is InChI=1S/C11H14ClN5O/c12-9-1-2-10(15-14-9)17-6-5-16-4-3-13-11(18)8(16)7-17/h1-2,8H,3-7H2,(H,13,18). The molecule has 3 heterocycles. The monoisotopic (exact) mass is 267 g/mol. The van der Waals surface area contributed by atoms with Gasteiger partial charge in [0, 0.05) is 32.7 Å². The van der Waals surface area contributed by atoms with Crippen molar-refractivity contribution in [1.82, 2.24) is 20.4 Å². The summed E-state index contributed by atoms with van der Waals surface area (Å²) in [7, 11) is 0. The highest BCUT2D eigenvalue weighted by atomic mass is 35.5. The fraction of sp³-hybridized carbons (Fsp3) is 0.545. The van der Waals surface area contributed by atoms with Gasteiger partial charge in [-0.15, -0.1) is 10.2 Å². The quantitative estimate of drug-likeness (QED) is 0.760. The van der Waals surface area contributed by atoms with Crippen LogP contribution in [0.1, 0.15) is 0 Å². The Morgan fingerprint density at radius 2 is 2.17 bits per heavy atom. The minimum atomic E-state index is -0.0787. The molecule has 1 unspecified atom stereocenters. The molecule has 0 aromatic carbocycles. The van der Waals surface area contributed by atoms with Gasteiger partial charge in [0.15, 0.2) is 11.0 Å². The summed E-state index contributed by atoms with van der Waals surface area (Å²) in [5, 5.41) is 11.2. The first-order valence-corrected chi connectivity index (χ1v) is 6.38. The Hall–Kier alpha value is -1.40. The summed E-state index contributed by atoms with van der Waals surface area (Å²) in [6.45, 7) is 4.07. The van der Waals surface area contributed by atoms with E-state index in [1.807, 2.05) is 6.07 Å². The molecule has 1 N–H and O–H groups in total. The van der Waals surface area contributed by atoms with Gasteiger partial charge in [-0.05, 0) is 12.1 Å². The molecule has 2 aliphatic rings. The van der Waals surface area contributed by atoms with Crippen molar-refractivity contribution in [2.24, 2.45) is 0 Å². The molecule has 1 amide bonds. The number of carbonyl (C=O) groups excluding carboxylic acids is 1. The zero-order valence-electron chi connectivity index (χ0n) is 9.84. The number of aromatic nitrogens is 2. The number of halogens is 1. The number of anilines is 1. The van der Waals surface area contributed by atoms with Crippen LogP contribution in [0.3, 0.4) is 0 Å². The molecule has 2 fully saturated rings. The second-order valence-corrected chi connectivity index (χ2v) is 4.89. The van der Waals surface area contributed by atoms with E-state index in [9.17, 15) is 4.79 Å². The number of hydrogen-bond acceptors (Lipinski definition) is 5. The molecular formula is C11H14ClN5O. The summed E-state index contributed by atoms with van der Waals surface area (Å²) >= 11 is 5.72. The summed E-state index contributed by atoms with van der Waals surface area (Å²) in [5.41, 5.74) is 0. The van der Waals surface area contributed by atoms with Crippen molar-refractivity contribution in [2.45, 2.75) is 6.04 Å². The average Bonchev–Trinajstić information content (AvgIpc) is 2.40. The molecule has 3 rings (SSSR count). The minimum absolute atomic E-state index is 0.0787. The van der Waals surface area contributed by atoms with Crippen molar-refractivity contribution in [3.05, 3.63) is 17.3 Å². The van der Waals surface area contributed by atoms with E-state index in [-0.39, 0.29) is 11.9 Å². The summed E-state index contributed by atoms with van der Waals surface area (Å²) in [5.74, 6) is 0.880. The van der Waals surface area contributed by atoms with Gasteiger partial charge >= 0.3 is 0 Å². The number of nitrogens with one attached hydrogen (secondary N) is 1. The Balaban J connectivity index is 1.76. The molecule has 2 saturated heterocycles. The molecule has 18 heavy (non-hydrogen) atoms. The summed E-state index contributed by atoms with van der Waals surface area (Å²) in [4.78, 5) is 16.1. The Morgan fingerprint density at radius 3 is 2.94 bits per heavy atom. The Bertz CT molecular complexity index is 451. The smallest absolute Gasteiger partial charge is 0.239 e. The maximum Gasteiger partial charge on any atom is 0.239 e. The van der Waals surface area contributed by atoms with E-state index < -0.39 is 0 Å². The number of amides is 1. The zero-order valence-corrected chi connectivity index (χ0v) is 10.6. The first-order valence-electron chi connectivity index (χ1n) is 6.00. The minimum Gasteiger partial charge on any atom is -0.353 e. The third-order valence-electron chi connectivity index (χ3n) is 3.43. The third kappa shape index (κ3) is 2.13. The highest BCUT2D eigenvalue weighted by molar-refractivity contribution is 6.29. The highest BCUT2D eigenvalue weighted by Gasteiger charge is 2.35. The molecule has 0 radical (unpaired) electrons. The van der Waals surface area contributed by atoms with Crippen molar-refractivity contribution in [1.29, 1.82) is 0 Å². The van der Waals surface area contributed by atoms with E-state index in [0.717, 1.165) is 32.0 Å². The third-order valence-corrected chi connectivity index (χ3v) is 3.64. The number of fused-ring (bicyclic) bond motifs is 1.